The van der Waals surface area contributed by atoms with Gasteiger partial charge >= 0.3 is 0 Å². The Hall–Kier alpha value is -1.60. The summed E-state index contributed by atoms with van der Waals surface area (Å²) < 4.78 is 25.0. The summed E-state index contributed by atoms with van der Waals surface area (Å²) in [7, 11) is -3.13. The summed E-state index contributed by atoms with van der Waals surface area (Å²) in [5.74, 6) is -0.153. The molecule has 1 saturated heterocycles. The Morgan fingerprint density at radius 2 is 1.82 bits per heavy atom. The van der Waals surface area contributed by atoms with Crippen molar-refractivity contribution in [2.24, 2.45) is 0 Å². The molecule has 28 heavy (non-hydrogen) atoms. The van der Waals surface area contributed by atoms with Crippen molar-refractivity contribution in [3.05, 3.63) is 69.0 Å². The average molecular weight is 454 g/mol. The fourth-order valence-corrected chi connectivity index (χ4v) is 6.78. The number of sulfone groups is 1. The van der Waals surface area contributed by atoms with Gasteiger partial charge in [-0.15, -0.1) is 11.3 Å². The molecule has 146 valence electrons. The molecule has 0 unspecified atom stereocenters. The highest BCUT2D eigenvalue weighted by molar-refractivity contribution is 7.91. The molecule has 4 rings (SSSR count). The lowest BCUT2D eigenvalue weighted by molar-refractivity contribution is 0.0686. The Balaban J connectivity index is 1.72. The molecule has 0 radical (unpaired) electrons. The number of hydrogen-bond acceptors (Lipinski definition) is 4. The van der Waals surface area contributed by atoms with Gasteiger partial charge in [-0.3, -0.25) is 4.79 Å². The van der Waals surface area contributed by atoms with Crippen LogP contribution < -0.4 is 0 Å². The maximum atomic E-state index is 13.4. The van der Waals surface area contributed by atoms with E-state index >= 15 is 0 Å². The third-order valence-corrected chi connectivity index (χ3v) is 8.57. The van der Waals surface area contributed by atoms with Crippen LogP contribution in [0.2, 0.25) is 10.0 Å². The first-order valence-electron chi connectivity index (χ1n) is 8.77. The zero-order valence-electron chi connectivity index (χ0n) is 14.8. The Morgan fingerprint density at radius 1 is 1.11 bits per heavy atom. The number of carbonyl (C=O) groups is 1. The highest BCUT2D eigenvalue weighted by atomic mass is 35.5. The molecule has 4 nitrogen and oxygen atoms in total. The minimum Gasteiger partial charge on any atom is -0.330 e. The number of fused-ring (bicyclic) bond motifs is 1. The molecule has 0 spiro atoms. The molecule has 2 aromatic carbocycles. The molecule has 1 aromatic heterocycles. The predicted octanol–water partition coefficient (Wildman–Crippen LogP) is 5.04. The van der Waals surface area contributed by atoms with Gasteiger partial charge in [0.05, 0.1) is 16.5 Å². The SMILES string of the molecule is O=C(c1sc2ccccc2c1Cl)N(Cc1ccc(Cl)cc1)[C@@H]1CCS(=O)(=O)C1. The van der Waals surface area contributed by atoms with Gasteiger partial charge in [0.25, 0.3) is 5.91 Å². The Morgan fingerprint density at radius 3 is 2.46 bits per heavy atom. The van der Waals surface area contributed by atoms with E-state index in [9.17, 15) is 13.2 Å². The van der Waals surface area contributed by atoms with Crippen LogP contribution >= 0.6 is 34.5 Å². The molecule has 1 aliphatic rings. The average Bonchev–Trinajstić information content (AvgIpc) is 3.20. The molecule has 8 heteroatoms. The van der Waals surface area contributed by atoms with Crippen LogP contribution in [0.15, 0.2) is 48.5 Å². The quantitative estimate of drug-likeness (QED) is 0.555. The summed E-state index contributed by atoms with van der Waals surface area (Å²) in [5.41, 5.74) is 0.888. The fourth-order valence-electron chi connectivity index (χ4n) is 3.46. The predicted molar refractivity (Wildman–Crippen MR) is 115 cm³/mol. The van der Waals surface area contributed by atoms with E-state index in [-0.39, 0.29) is 23.5 Å². The molecular formula is C20H17Cl2NO3S2. The monoisotopic (exact) mass is 453 g/mol. The molecule has 1 aliphatic heterocycles. The maximum absolute atomic E-state index is 13.4. The number of nitrogens with zero attached hydrogens (tertiary/aromatic N) is 1. The summed E-state index contributed by atoms with van der Waals surface area (Å²) in [4.78, 5) is 15.5. The minimum absolute atomic E-state index is 0.0190. The number of thiophene rings is 1. The summed E-state index contributed by atoms with van der Waals surface area (Å²) in [6, 6.07) is 14.4. The normalized spacial score (nSPS) is 18.4. The van der Waals surface area contributed by atoms with Gasteiger partial charge in [-0.2, -0.15) is 0 Å². The van der Waals surface area contributed by atoms with Crippen LogP contribution in [-0.4, -0.2) is 36.8 Å². The second-order valence-electron chi connectivity index (χ2n) is 6.86. The Bertz CT molecular complexity index is 1140. The van der Waals surface area contributed by atoms with Gasteiger partial charge in [0.1, 0.15) is 4.88 Å². The van der Waals surface area contributed by atoms with Crippen LogP contribution in [0.1, 0.15) is 21.7 Å². The largest absolute Gasteiger partial charge is 0.330 e. The number of halogens is 2. The summed E-state index contributed by atoms with van der Waals surface area (Å²) in [5, 5.41) is 1.87. The number of rotatable bonds is 4. The standard InChI is InChI=1S/C20H17Cl2NO3S2/c21-14-7-5-13(6-8-14)11-23(15-9-10-28(25,26)12-15)20(24)19-18(22)16-3-1-2-4-17(16)27-19/h1-8,15H,9-12H2/t15-/m1/s1. The van der Waals surface area contributed by atoms with Crippen molar-refractivity contribution in [3.63, 3.8) is 0 Å². The number of carbonyl (C=O) groups excluding carboxylic acids is 1. The van der Waals surface area contributed by atoms with Crippen LogP contribution in [0.25, 0.3) is 10.1 Å². The number of amides is 1. The topological polar surface area (TPSA) is 54.5 Å². The summed E-state index contributed by atoms with van der Waals surface area (Å²) in [6.45, 7) is 0.306. The molecule has 3 aromatic rings. The molecule has 0 bridgehead atoms. The van der Waals surface area contributed by atoms with E-state index in [1.807, 2.05) is 36.4 Å². The van der Waals surface area contributed by atoms with Gasteiger partial charge in [-0.05, 0) is 30.2 Å². The molecule has 0 aliphatic carbocycles. The van der Waals surface area contributed by atoms with Crippen molar-refractivity contribution in [1.29, 1.82) is 0 Å². The van der Waals surface area contributed by atoms with Crippen LogP contribution in [0, 0.1) is 0 Å². The van der Waals surface area contributed by atoms with E-state index in [1.165, 1.54) is 11.3 Å². The lowest BCUT2D eigenvalue weighted by atomic mass is 10.1. The first-order chi connectivity index (χ1) is 13.3. The van der Waals surface area contributed by atoms with Crippen LogP contribution in [0.3, 0.4) is 0 Å². The zero-order valence-corrected chi connectivity index (χ0v) is 17.9. The van der Waals surface area contributed by atoms with Gasteiger partial charge in [-0.1, -0.05) is 53.5 Å². The third kappa shape index (κ3) is 3.92. The van der Waals surface area contributed by atoms with E-state index in [2.05, 4.69) is 0 Å². The van der Waals surface area contributed by atoms with Gasteiger partial charge < -0.3 is 4.90 Å². The smallest absolute Gasteiger partial charge is 0.266 e. The minimum atomic E-state index is -3.13. The second kappa shape index (κ2) is 7.67. The molecule has 0 saturated carbocycles. The third-order valence-electron chi connectivity index (χ3n) is 4.91. The van der Waals surface area contributed by atoms with Gasteiger partial charge in [-0.25, -0.2) is 8.42 Å². The maximum Gasteiger partial charge on any atom is 0.266 e. The highest BCUT2D eigenvalue weighted by Gasteiger charge is 2.36. The van der Waals surface area contributed by atoms with E-state index in [1.54, 1.807) is 17.0 Å². The lowest BCUT2D eigenvalue weighted by Crippen LogP contribution is -2.40. The van der Waals surface area contributed by atoms with E-state index in [0.717, 1.165) is 15.6 Å². The van der Waals surface area contributed by atoms with Crippen molar-refractivity contribution in [2.75, 3.05) is 11.5 Å². The fraction of sp³-hybridized carbons (Fsp3) is 0.250. The van der Waals surface area contributed by atoms with Crippen molar-refractivity contribution < 1.29 is 13.2 Å². The first kappa shape index (κ1) is 19.7. The van der Waals surface area contributed by atoms with Crippen molar-refractivity contribution in [2.45, 2.75) is 19.0 Å². The lowest BCUT2D eigenvalue weighted by Gasteiger charge is -2.28. The highest BCUT2D eigenvalue weighted by Crippen LogP contribution is 2.37. The molecular weight excluding hydrogens is 437 g/mol. The number of benzene rings is 2. The van der Waals surface area contributed by atoms with E-state index < -0.39 is 9.84 Å². The van der Waals surface area contributed by atoms with Gasteiger partial charge in [0.15, 0.2) is 9.84 Å². The first-order valence-corrected chi connectivity index (χ1v) is 12.2. The van der Waals surface area contributed by atoms with Crippen LogP contribution in [0.4, 0.5) is 0 Å². The van der Waals surface area contributed by atoms with E-state index in [0.29, 0.717) is 27.9 Å². The molecule has 1 fully saturated rings. The van der Waals surface area contributed by atoms with Gasteiger partial charge in [0, 0.05) is 27.7 Å². The molecule has 0 N–H and O–H groups in total. The molecule has 2 heterocycles. The summed E-state index contributed by atoms with van der Waals surface area (Å²) >= 11 is 13.8. The van der Waals surface area contributed by atoms with Crippen molar-refractivity contribution in [3.8, 4) is 0 Å². The summed E-state index contributed by atoms with van der Waals surface area (Å²) in [6.07, 6.45) is 0.435. The Labute approximate surface area is 177 Å². The number of hydrogen-bond donors (Lipinski definition) is 0. The van der Waals surface area contributed by atoms with Crippen LogP contribution in [0.5, 0.6) is 0 Å². The van der Waals surface area contributed by atoms with Crippen molar-refractivity contribution in [1.82, 2.24) is 4.90 Å². The van der Waals surface area contributed by atoms with Gasteiger partial charge in [0.2, 0.25) is 0 Å². The van der Waals surface area contributed by atoms with E-state index in [4.69, 9.17) is 23.2 Å². The van der Waals surface area contributed by atoms with Crippen LogP contribution in [-0.2, 0) is 16.4 Å². The Kier molecular flexibility index (Phi) is 5.40. The van der Waals surface area contributed by atoms with Crippen molar-refractivity contribution >= 4 is 60.4 Å². The molecule has 1 atom stereocenters. The second-order valence-corrected chi connectivity index (χ2v) is 11.0. The zero-order chi connectivity index (χ0) is 19.9. The molecule has 1 amide bonds.